The topological polar surface area (TPSA) is 106 Å². The SMILES string of the molecule is COc1ccc(NC(=O)CNC(=O)CN(CC(C)C)C(=O)c2ccc3c(c2)OCO3)cc1. The molecule has 32 heavy (non-hydrogen) atoms. The number of carbonyl (C=O) groups is 3. The number of rotatable bonds is 9. The number of anilines is 1. The molecule has 0 unspecified atom stereocenters. The zero-order valence-electron chi connectivity index (χ0n) is 18.3. The molecular formula is C23H27N3O6. The van der Waals surface area contributed by atoms with E-state index in [1.165, 1.54) is 4.90 Å². The quantitative estimate of drug-likeness (QED) is 0.618. The summed E-state index contributed by atoms with van der Waals surface area (Å²) < 4.78 is 15.7. The summed E-state index contributed by atoms with van der Waals surface area (Å²) in [4.78, 5) is 39.1. The first kappa shape index (κ1) is 22.9. The maximum Gasteiger partial charge on any atom is 0.254 e. The number of hydrogen-bond donors (Lipinski definition) is 2. The Morgan fingerprint density at radius 1 is 1.03 bits per heavy atom. The standard InChI is InChI=1S/C23H27N3O6/c1-15(2)12-26(23(29)16-4-9-19-20(10-16)32-14-31-19)13-22(28)24-11-21(27)25-17-5-7-18(30-3)8-6-17/h4-10,15H,11-14H2,1-3H3,(H,24,28)(H,25,27). The molecule has 0 fully saturated rings. The van der Waals surface area contributed by atoms with Crippen LogP contribution >= 0.6 is 0 Å². The number of nitrogens with zero attached hydrogens (tertiary/aromatic N) is 1. The van der Waals surface area contributed by atoms with Crippen LogP contribution in [0.4, 0.5) is 5.69 Å². The van der Waals surface area contributed by atoms with Gasteiger partial charge in [0.15, 0.2) is 11.5 Å². The van der Waals surface area contributed by atoms with Gasteiger partial charge in [-0.15, -0.1) is 0 Å². The number of hydrogen-bond acceptors (Lipinski definition) is 6. The smallest absolute Gasteiger partial charge is 0.254 e. The molecule has 0 saturated heterocycles. The van der Waals surface area contributed by atoms with Gasteiger partial charge in [-0.3, -0.25) is 14.4 Å². The second-order valence-corrected chi connectivity index (χ2v) is 7.70. The molecule has 0 saturated carbocycles. The minimum absolute atomic E-state index is 0.115. The molecule has 0 bridgehead atoms. The van der Waals surface area contributed by atoms with Crippen molar-refractivity contribution in [2.24, 2.45) is 5.92 Å². The number of amides is 3. The summed E-state index contributed by atoms with van der Waals surface area (Å²) in [7, 11) is 1.56. The van der Waals surface area contributed by atoms with Gasteiger partial charge in [-0.05, 0) is 48.4 Å². The molecule has 2 aromatic carbocycles. The van der Waals surface area contributed by atoms with Gasteiger partial charge in [0.25, 0.3) is 5.91 Å². The van der Waals surface area contributed by atoms with Crippen molar-refractivity contribution in [1.82, 2.24) is 10.2 Å². The Bertz CT molecular complexity index is 974. The average molecular weight is 441 g/mol. The number of nitrogens with one attached hydrogen (secondary N) is 2. The molecule has 2 N–H and O–H groups in total. The summed E-state index contributed by atoms with van der Waals surface area (Å²) in [6.45, 7) is 4.04. The van der Waals surface area contributed by atoms with Crippen LogP contribution in [0.2, 0.25) is 0 Å². The fourth-order valence-electron chi connectivity index (χ4n) is 3.16. The zero-order chi connectivity index (χ0) is 23.1. The Morgan fingerprint density at radius 2 is 1.75 bits per heavy atom. The van der Waals surface area contributed by atoms with Crippen molar-refractivity contribution in [2.45, 2.75) is 13.8 Å². The summed E-state index contributed by atoms with van der Waals surface area (Å²) in [6.07, 6.45) is 0. The lowest BCUT2D eigenvalue weighted by atomic mass is 10.1. The lowest BCUT2D eigenvalue weighted by Gasteiger charge is -2.24. The zero-order valence-corrected chi connectivity index (χ0v) is 18.3. The second kappa shape index (κ2) is 10.5. The van der Waals surface area contributed by atoms with E-state index >= 15 is 0 Å². The van der Waals surface area contributed by atoms with Gasteiger partial charge in [-0.25, -0.2) is 0 Å². The Hall–Kier alpha value is -3.75. The van der Waals surface area contributed by atoms with Crippen molar-refractivity contribution >= 4 is 23.4 Å². The molecule has 1 heterocycles. The first-order valence-corrected chi connectivity index (χ1v) is 10.2. The molecule has 2 aromatic rings. The second-order valence-electron chi connectivity index (χ2n) is 7.70. The van der Waals surface area contributed by atoms with Gasteiger partial charge in [0.1, 0.15) is 5.75 Å². The molecule has 0 aromatic heterocycles. The highest BCUT2D eigenvalue weighted by Crippen LogP contribution is 2.32. The molecule has 170 valence electrons. The van der Waals surface area contributed by atoms with E-state index in [1.54, 1.807) is 49.6 Å². The summed E-state index contributed by atoms with van der Waals surface area (Å²) in [6, 6.07) is 11.8. The fourth-order valence-corrected chi connectivity index (χ4v) is 3.16. The van der Waals surface area contributed by atoms with Gasteiger partial charge < -0.3 is 29.7 Å². The van der Waals surface area contributed by atoms with Crippen LogP contribution in [0.15, 0.2) is 42.5 Å². The van der Waals surface area contributed by atoms with Crippen LogP contribution < -0.4 is 24.8 Å². The molecule has 0 atom stereocenters. The third kappa shape index (κ3) is 6.13. The molecule has 3 amide bonds. The third-order valence-electron chi connectivity index (χ3n) is 4.65. The van der Waals surface area contributed by atoms with E-state index in [0.717, 1.165) is 0 Å². The minimum atomic E-state index is -0.426. The summed E-state index contributed by atoms with van der Waals surface area (Å²) in [5, 5.41) is 5.25. The number of benzene rings is 2. The van der Waals surface area contributed by atoms with E-state index < -0.39 is 5.91 Å². The van der Waals surface area contributed by atoms with Crippen molar-refractivity contribution in [3.8, 4) is 17.2 Å². The highest BCUT2D eigenvalue weighted by atomic mass is 16.7. The molecule has 0 spiro atoms. The maximum atomic E-state index is 13.0. The number of fused-ring (bicyclic) bond motifs is 1. The van der Waals surface area contributed by atoms with Crippen molar-refractivity contribution in [3.05, 3.63) is 48.0 Å². The molecule has 1 aliphatic rings. The third-order valence-corrected chi connectivity index (χ3v) is 4.65. The molecule has 0 radical (unpaired) electrons. The minimum Gasteiger partial charge on any atom is -0.497 e. The summed E-state index contributed by atoms with van der Waals surface area (Å²) in [5.41, 5.74) is 0.990. The number of carbonyl (C=O) groups excluding carboxylic acids is 3. The fraction of sp³-hybridized carbons (Fsp3) is 0.348. The van der Waals surface area contributed by atoms with Crippen LogP contribution in [-0.2, 0) is 9.59 Å². The monoisotopic (exact) mass is 441 g/mol. The van der Waals surface area contributed by atoms with Crippen LogP contribution in [0.25, 0.3) is 0 Å². The van der Waals surface area contributed by atoms with E-state index in [2.05, 4.69) is 10.6 Å². The van der Waals surface area contributed by atoms with Crippen LogP contribution in [0.5, 0.6) is 17.2 Å². The van der Waals surface area contributed by atoms with Gasteiger partial charge in [-0.1, -0.05) is 13.8 Å². The van der Waals surface area contributed by atoms with Crippen molar-refractivity contribution in [3.63, 3.8) is 0 Å². The predicted molar refractivity (Wildman–Crippen MR) is 118 cm³/mol. The van der Waals surface area contributed by atoms with Crippen LogP contribution in [0, 0.1) is 5.92 Å². The molecule has 9 nitrogen and oxygen atoms in total. The molecule has 1 aliphatic heterocycles. The van der Waals surface area contributed by atoms with Crippen molar-refractivity contribution in [2.75, 3.05) is 38.9 Å². The van der Waals surface area contributed by atoms with E-state index in [1.807, 2.05) is 13.8 Å². The van der Waals surface area contributed by atoms with Crippen molar-refractivity contribution in [1.29, 1.82) is 0 Å². The molecule has 0 aliphatic carbocycles. The van der Waals surface area contributed by atoms with Gasteiger partial charge in [0.05, 0.1) is 20.2 Å². The predicted octanol–water partition coefficient (Wildman–Crippen LogP) is 2.28. The van der Waals surface area contributed by atoms with Gasteiger partial charge >= 0.3 is 0 Å². The number of ether oxygens (including phenoxy) is 3. The summed E-state index contributed by atoms with van der Waals surface area (Å²) in [5.74, 6) is 0.811. The summed E-state index contributed by atoms with van der Waals surface area (Å²) >= 11 is 0. The Balaban J connectivity index is 1.55. The normalized spacial score (nSPS) is 11.8. The first-order valence-electron chi connectivity index (χ1n) is 10.2. The number of methoxy groups -OCH3 is 1. The van der Waals surface area contributed by atoms with Crippen molar-refractivity contribution < 1.29 is 28.6 Å². The van der Waals surface area contributed by atoms with Crippen LogP contribution in [0.3, 0.4) is 0 Å². The lowest BCUT2D eigenvalue weighted by molar-refractivity contribution is -0.124. The van der Waals surface area contributed by atoms with Gasteiger partial charge in [-0.2, -0.15) is 0 Å². The Labute approximate surface area is 186 Å². The van der Waals surface area contributed by atoms with Crippen LogP contribution in [-0.4, -0.2) is 56.2 Å². The van der Waals surface area contributed by atoms with Gasteiger partial charge in [0, 0.05) is 17.8 Å². The average Bonchev–Trinajstić information content (AvgIpc) is 3.25. The van der Waals surface area contributed by atoms with E-state index in [4.69, 9.17) is 14.2 Å². The molecular weight excluding hydrogens is 414 g/mol. The Kier molecular flexibility index (Phi) is 7.54. The highest BCUT2D eigenvalue weighted by molar-refractivity contribution is 5.98. The van der Waals surface area contributed by atoms with E-state index in [-0.39, 0.29) is 37.6 Å². The van der Waals surface area contributed by atoms with Crippen LogP contribution in [0.1, 0.15) is 24.2 Å². The van der Waals surface area contributed by atoms with E-state index in [9.17, 15) is 14.4 Å². The maximum absolute atomic E-state index is 13.0. The van der Waals surface area contributed by atoms with E-state index in [0.29, 0.717) is 35.0 Å². The largest absolute Gasteiger partial charge is 0.497 e. The Morgan fingerprint density at radius 3 is 2.44 bits per heavy atom. The molecule has 9 heteroatoms. The highest BCUT2D eigenvalue weighted by Gasteiger charge is 2.23. The molecule has 3 rings (SSSR count). The lowest BCUT2D eigenvalue weighted by Crippen LogP contribution is -2.44. The van der Waals surface area contributed by atoms with Gasteiger partial charge in [0.2, 0.25) is 18.6 Å². The first-order chi connectivity index (χ1) is 15.4.